The van der Waals surface area contributed by atoms with Crippen LogP contribution in [-0.4, -0.2) is 30.2 Å². The van der Waals surface area contributed by atoms with E-state index >= 15 is 0 Å². The van der Waals surface area contributed by atoms with E-state index in [1.807, 2.05) is 0 Å². The fourth-order valence-electron chi connectivity index (χ4n) is 2.62. The highest BCUT2D eigenvalue weighted by Crippen LogP contribution is 2.42. The maximum atomic E-state index is 13.6. The lowest BCUT2D eigenvalue weighted by molar-refractivity contribution is -0.205. The third-order valence-electron chi connectivity index (χ3n) is 3.56. The molecule has 3 rings (SSSR count). The summed E-state index contributed by atoms with van der Waals surface area (Å²) >= 11 is 0. The van der Waals surface area contributed by atoms with Crippen molar-refractivity contribution >= 4 is 16.8 Å². The molecule has 1 aromatic heterocycles. The fraction of sp³-hybridized carbons (Fsp3) is 0.308. The van der Waals surface area contributed by atoms with Crippen molar-refractivity contribution in [2.24, 2.45) is 0 Å². The highest BCUT2D eigenvalue weighted by molar-refractivity contribution is 5.96. The van der Waals surface area contributed by atoms with E-state index in [-0.39, 0.29) is 18.7 Å². The largest absolute Gasteiger partial charge is 0.420 e. The Morgan fingerprint density at radius 3 is 2.60 bits per heavy atom. The molecule has 2 heterocycles. The smallest absolute Gasteiger partial charge is 0.361 e. The first-order chi connectivity index (χ1) is 9.47. The van der Waals surface area contributed by atoms with Crippen molar-refractivity contribution in [3.63, 3.8) is 0 Å². The van der Waals surface area contributed by atoms with Crippen molar-refractivity contribution in [1.82, 2.24) is 15.6 Å². The van der Waals surface area contributed by atoms with E-state index in [1.54, 1.807) is 24.3 Å². The van der Waals surface area contributed by atoms with Crippen LogP contribution in [0.15, 0.2) is 30.5 Å². The number of rotatable bonds is 1. The van der Waals surface area contributed by atoms with Crippen LogP contribution in [0, 0.1) is 0 Å². The number of carbonyl (C=O) groups excluding carboxylic acids is 1. The first-order valence-electron chi connectivity index (χ1n) is 6.13. The average Bonchev–Trinajstić information content (AvgIpc) is 2.82. The summed E-state index contributed by atoms with van der Waals surface area (Å²) < 4.78 is 40.8. The van der Waals surface area contributed by atoms with E-state index < -0.39 is 17.6 Å². The molecular weight excluding hydrogens is 271 g/mol. The van der Waals surface area contributed by atoms with E-state index in [0.717, 1.165) is 0 Å². The van der Waals surface area contributed by atoms with Crippen molar-refractivity contribution in [2.75, 3.05) is 13.1 Å². The summed E-state index contributed by atoms with van der Waals surface area (Å²) in [7, 11) is 0. The minimum absolute atomic E-state index is 0.0603. The van der Waals surface area contributed by atoms with Gasteiger partial charge in [-0.25, -0.2) is 0 Å². The molecule has 0 saturated carbocycles. The minimum Gasteiger partial charge on any atom is -0.361 e. The van der Waals surface area contributed by atoms with Gasteiger partial charge in [0, 0.05) is 35.8 Å². The molecule has 0 bridgehead atoms. The van der Waals surface area contributed by atoms with Crippen LogP contribution >= 0.6 is 0 Å². The van der Waals surface area contributed by atoms with Crippen LogP contribution in [0.4, 0.5) is 13.2 Å². The summed E-state index contributed by atoms with van der Waals surface area (Å²) in [5, 5.41) is 5.04. The molecule has 0 radical (unpaired) electrons. The Bertz CT molecular complexity index is 664. The number of alkyl halides is 3. The normalized spacial score (nSPS) is 23.9. The van der Waals surface area contributed by atoms with E-state index in [4.69, 9.17) is 0 Å². The lowest BCUT2D eigenvalue weighted by Gasteiger charge is -2.38. The van der Waals surface area contributed by atoms with Crippen LogP contribution in [0.2, 0.25) is 0 Å². The van der Waals surface area contributed by atoms with Crippen molar-refractivity contribution in [3.8, 4) is 0 Å². The van der Waals surface area contributed by atoms with Gasteiger partial charge < -0.3 is 10.3 Å². The van der Waals surface area contributed by atoms with Gasteiger partial charge in [-0.15, -0.1) is 0 Å². The molecule has 106 valence electrons. The second kappa shape index (κ2) is 4.24. The molecule has 4 nitrogen and oxygen atoms in total. The molecule has 1 saturated heterocycles. The number of aromatic amines is 1. The standard InChI is InChI=1S/C13H12F3N3O/c14-13(15,16)12(11(20)17-5-6-19-12)9-7-18-10-4-2-1-3-8(9)10/h1-4,7,18-19H,5-6H2,(H,17,20)/t12-/m1/s1. The predicted molar refractivity (Wildman–Crippen MR) is 67.0 cm³/mol. The number of piperazine rings is 1. The van der Waals surface area contributed by atoms with Crippen LogP contribution in [0.1, 0.15) is 5.56 Å². The fourth-order valence-corrected chi connectivity index (χ4v) is 2.62. The van der Waals surface area contributed by atoms with Crippen molar-refractivity contribution < 1.29 is 18.0 Å². The number of hydrogen-bond acceptors (Lipinski definition) is 2. The third kappa shape index (κ3) is 1.62. The number of carbonyl (C=O) groups is 1. The quantitative estimate of drug-likeness (QED) is 0.745. The Morgan fingerprint density at radius 1 is 1.15 bits per heavy atom. The van der Waals surface area contributed by atoms with Crippen molar-refractivity contribution in [3.05, 3.63) is 36.0 Å². The summed E-state index contributed by atoms with van der Waals surface area (Å²) in [6.45, 7) is 0.240. The van der Waals surface area contributed by atoms with Crippen LogP contribution < -0.4 is 10.6 Å². The summed E-state index contributed by atoms with van der Waals surface area (Å²) in [5.41, 5.74) is -2.24. The Kier molecular flexibility index (Phi) is 2.75. The number of halogens is 3. The SMILES string of the molecule is O=C1NCCN[C@@]1(c1c[nH]c2ccccc12)C(F)(F)F. The summed E-state index contributed by atoms with van der Waals surface area (Å²) in [6.07, 6.45) is -3.49. The highest BCUT2D eigenvalue weighted by Gasteiger charge is 2.63. The molecule has 0 spiro atoms. The number of aromatic nitrogens is 1. The molecule has 3 N–H and O–H groups in total. The number of nitrogens with one attached hydrogen (secondary N) is 3. The second-order valence-corrected chi connectivity index (χ2v) is 4.68. The van der Waals surface area contributed by atoms with E-state index in [2.05, 4.69) is 15.6 Å². The number of hydrogen-bond donors (Lipinski definition) is 3. The molecule has 2 aromatic rings. The zero-order chi connectivity index (χ0) is 14.4. The lowest BCUT2D eigenvalue weighted by Crippen LogP contribution is -2.67. The molecule has 7 heteroatoms. The molecule has 1 atom stereocenters. The zero-order valence-corrected chi connectivity index (χ0v) is 10.3. The minimum atomic E-state index is -4.73. The maximum Gasteiger partial charge on any atom is 0.420 e. The third-order valence-corrected chi connectivity index (χ3v) is 3.56. The molecule has 1 amide bonds. The van der Waals surface area contributed by atoms with Gasteiger partial charge in [0.2, 0.25) is 5.54 Å². The number of H-pyrrole nitrogens is 1. The molecule has 0 unspecified atom stereocenters. The number of benzene rings is 1. The molecule has 1 aliphatic heterocycles. The van der Waals surface area contributed by atoms with Crippen LogP contribution in [0.5, 0.6) is 0 Å². The molecule has 1 aliphatic rings. The van der Waals surface area contributed by atoms with E-state index in [0.29, 0.717) is 10.9 Å². The molecule has 0 aliphatic carbocycles. The Hall–Kier alpha value is -2.02. The maximum absolute atomic E-state index is 13.6. The van der Waals surface area contributed by atoms with Crippen molar-refractivity contribution in [1.29, 1.82) is 0 Å². The van der Waals surface area contributed by atoms with Gasteiger partial charge >= 0.3 is 6.18 Å². The topological polar surface area (TPSA) is 56.9 Å². The second-order valence-electron chi connectivity index (χ2n) is 4.68. The van der Waals surface area contributed by atoms with Crippen LogP contribution in [0.25, 0.3) is 10.9 Å². The Labute approximate surface area is 112 Å². The average molecular weight is 283 g/mol. The molecule has 20 heavy (non-hydrogen) atoms. The van der Waals surface area contributed by atoms with Gasteiger partial charge in [-0.2, -0.15) is 13.2 Å². The predicted octanol–water partition coefficient (Wildman–Crippen LogP) is 1.64. The van der Waals surface area contributed by atoms with Gasteiger partial charge in [0.15, 0.2) is 0 Å². The van der Waals surface area contributed by atoms with Gasteiger partial charge in [-0.1, -0.05) is 18.2 Å². The Morgan fingerprint density at radius 2 is 1.90 bits per heavy atom. The van der Waals surface area contributed by atoms with Gasteiger partial charge in [0.25, 0.3) is 5.91 Å². The van der Waals surface area contributed by atoms with E-state index in [9.17, 15) is 18.0 Å². The summed E-state index contributed by atoms with van der Waals surface area (Å²) in [6, 6.07) is 6.60. The zero-order valence-electron chi connectivity index (χ0n) is 10.3. The van der Waals surface area contributed by atoms with Gasteiger partial charge in [0.05, 0.1) is 0 Å². The number of para-hydroxylation sites is 1. The molecule has 1 fully saturated rings. The monoisotopic (exact) mass is 283 g/mol. The molecular formula is C13H12F3N3O. The van der Waals surface area contributed by atoms with Gasteiger partial charge in [-0.3, -0.25) is 10.1 Å². The van der Waals surface area contributed by atoms with Crippen molar-refractivity contribution in [2.45, 2.75) is 11.7 Å². The van der Waals surface area contributed by atoms with Gasteiger partial charge in [-0.05, 0) is 6.07 Å². The summed E-state index contributed by atoms with van der Waals surface area (Å²) in [5.74, 6) is -1.07. The van der Waals surface area contributed by atoms with Gasteiger partial charge in [0.1, 0.15) is 0 Å². The first-order valence-corrected chi connectivity index (χ1v) is 6.13. The van der Waals surface area contributed by atoms with Crippen LogP contribution in [-0.2, 0) is 10.3 Å². The number of amides is 1. The van der Waals surface area contributed by atoms with Crippen LogP contribution in [0.3, 0.4) is 0 Å². The Balaban J connectivity index is 2.27. The first kappa shape index (κ1) is 13.0. The molecule has 1 aromatic carbocycles. The number of fused-ring (bicyclic) bond motifs is 1. The summed E-state index contributed by atoms with van der Waals surface area (Å²) in [4.78, 5) is 14.8. The lowest BCUT2D eigenvalue weighted by atomic mass is 9.86. The highest BCUT2D eigenvalue weighted by atomic mass is 19.4. The van der Waals surface area contributed by atoms with E-state index in [1.165, 1.54) is 6.20 Å².